The molecule has 2 unspecified atom stereocenters. The Morgan fingerprint density at radius 3 is 2.86 bits per heavy atom. The van der Waals surface area contributed by atoms with E-state index in [9.17, 15) is 4.39 Å². The van der Waals surface area contributed by atoms with Gasteiger partial charge in [0.1, 0.15) is 5.82 Å². The standard InChI is InChI=1S/C16H22FN3O/c1-16(9-12-4-6-13(17)7-5-12)11-19-15(18)20(16)10-14-3-2-8-21-14/h4-7,14H,2-3,8-11H2,1H3,(H2,18,19). The van der Waals surface area contributed by atoms with Crippen LogP contribution >= 0.6 is 0 Å². The van der Waals surface area contributed by atoms with Crippen molar-refractivity contribution in [1.82, 2.24) is 4.90 Å². The molecular weight excluding hydrogens is 269 g/mol. The lowest BCUT2D eigenvalue weighted by atomic mass is 9.91. The van der Waals surface area contributed by atoms with Crippen molar-refractivity contribution in [1.29, 1.82) is 0 Å². The number of hydrogen-bond donors (Lipinski definition) is 1. The molecule has 114 valence electrons. The zero-order valence-corrected chi connectivity index (χ0v) is 12.4. The van der Waals surface area contributed by atoms with Gasteiger partial charge in [-0.25, -0.2) is 4.39 Å². The number of ether oxygens (including phenoxy) is 1. The van der Waals surface area contributed by atoms with Crippen LogP contribution in [0.1, 0.15) is 25.3 Å². The quantitative estimate of drug-likeness (QED) is 0.922. The van der Waals surface area contributed by atoms with Gasteiger partial charge in [-0.15, -0.1) is 0 Å². The minimum Gasteiger partial charge on any atom is -0.376 e. The topological polar surface area (TPSA) is 50.8 Å². The molecule has 0 aromatic heterocycles. The van der Waals surface area contributed by atoms with E-state index in [-0.39, 0.29) is 17.5 Å². The Morgan fingerprint density at radius 1 is 1.43 bits per heavy atom. The maximum absolute atomic E-state index is 13.0. The Kier molecular flexibility index (Phi) is 3.85. The van der Waals surface area contributed by atoms with Crippen molar-refractivity contribution in [3.63, 3.8) is 0 Å². The van der Waals surface area contributed by atoms with E-state index in [4.69, 9.17) is 10.5 Å². The molecule has 0 amide bonds. The fourth-order valence-corrected chi connectivity index (χ4v) is 3.20. The van der Waals surface area contributed by atoms with E-state index in [0.29, 0.717) is 12.5 Å². The average molecular weight is 291 g/mol. The summed E-state index contributed by atoms with van der Waals surface area (Å²) in [7, 11) is 0. The van der Waals surface area contributed by atoms with Gasteiger partial charge in [-0.1, -0.05) is 12.1 Å². The highest BCUT2D eigenvalue weighted by Crippen LogP contribution is 2.28. The number of aliphatic imine (C=N–C) groups is 1. The van der Waals surface area contributed by atoms with Gasteiger partial charge in [0.2, 0.25) is 0 Å². The molecule has 4 nitrogen and oxygen atoms in total. The summed E-state index contributed by atoms with van der Waals surface area (Å²) < 4.78 is 18.8. The zero-order valence-electron chi connectivity index (χ0n) is 12.4. The molecule has 0 saturated carbocycles. The van der Waals surface area contributed by atoms with Crippen LogP contribution in [0.3, 0.4) is 0 Å². The van der Waals surface area contributed by atoms with Crippen molar-refractivity contribution < 1.29 is 9.13 Å². The monoisotopic (exact) mass is 291 g/mol. The molecule has 5 heteroatoms. The normalized spacial score (nSPS) is 29.0. The summed E-state index contributed by atoms with van der Waals surface area (Å²) in [5, 5.41) is 0. The summed E-state index contributed by atoms with van der Waals surface area (Å²) in [6.07, 6.45) is 3.23. The van der Waals surface area contributed by atoms with Gasteiger partial charge < -0.3 is 15.4 Å². The maximum atomic E-state index is 13.0. The van der Waals surface area contributed by atoms with Crippen LogP contribution in [0.2, 0.25) is 0 Å². The molecule has 1 saturated heterocycles. The van der Waals surface area contributed by atoms with Crippen LogP contribution in [0, 0.1) is 5.82 Å². The minimum absolute atomic E-state index is 0.159. The summed E-state index contributed by atoms with van der Waals surface area (Å²) in [5.74, 6) is 0.386. The number of guanidine groups is 1. The second-order valence-electron chi connectivity index (χ2n) is 6.22. The van der Waals surface area contributed by atoms with Gasteiger partial charge in [0.15, 0.2) is 5.96 Å². The molecule has 0 bridgehead atoms. The Bertz CT molecular complexity index is 525. The van der Waals surface area contributed by atoms with Gasteiger partial charge in [0.05, 0.1) is 18.2 Å². The van der Waals surface area contributed by atoms with Gasteiger partial charge in [-0.3, -0.25) is 4.99 Å². The zero-order chi connectivity index (χ0) is 14.9. The number of benzene rings is 1. The van der Waals surface area contributed by atoms with Gasteiger partial charge in [0.25, 0.3) is 0 Å². The fraction of sp³-hybridized carbons (Fsp3) is 0.562. The number of hydrogen-bond acceptors (Lipinski definition) is 4. The summed E-state index contributed by atoms with van der Waals surface area (Å²) in [4.78, 5) is 6.58. The smallest absolute Gasteiger partial charge is 0.191 e. The summed E-state index contributed by atoms with van der Waals surface area (Å²) >= 11 is 0. The highest BCUT2D eigenvalue weighted by molar-refractivity contribution is 5.81. The Labute approximate surface area is 124 Å². The Hall–Kier alpha value is -1.62. The van der Waals surface area contributed by atoms with Crippen LogP contribution in [-0.2, 0) is 11.2 Å². The summed E-state index contributed by atoms with van der Waals surface area (Å²) in [5.41, 5.74) is 7.01. The lowest BCUT2D eigenvalue weighted by Gasteiger charge is -2.37. The third-order valence-corrected chi connectivity index (χ3v) is 4.42. The highest BCUT2D eigenvalue weighted by atomic mass is 19.1. The maximum Gasteiger partial charge on any atom is 0.191 e. The molecule has 2 aliphatic heterocycles. The first kappa shape index (κ1) is 14.3. The molecule has 1 aromatic carbocycles. The predicted molar refractivity (Wildman–Crippen MR) is 80.7 cm³/mol. The third kappa shape index (κ3) is 3.02. The second-order valence-corrected chi connectivity index (χ2v) is 6.22. The lowest BCUT2D eigenvalue weighted by Crippen LogP contribution is -2.53. The highest BCUT2D eigenvalue weighted by Gasteiger charge is 2.39. The van der Waals surface area contributed by atoms with E-state index in [0.717, 1.165) is 38.0 Å². The number of nitrogens with two attached hydrogens (primary N) is 1. The summed E-state index contributed by atoms with van der Waals surface area (Å²) in [6.45, 7) is 4.45. The number of halogens is 1. The van der Waals surface area contributed by atoms with E-state index < -0.39 is 0 Å². The summed E-state index contributed by atoms with van der Waals surface area (Å²) in [6, 6.07) is 6.67. The first-order valence-electron chi connectivity index (χ1n) is 7.50. The van der Waals surface area contributed by atoms with Crippen molar-refractivity contribution in [2.45, 2.75) is 37.8 Å². The van der Waals surface area contributed by atoms with Crippen molar-refractivity contribution in [2.75, 3.05) is 19.7 Å². The molecule has 2 N–H and O–H groups in total. The van der Waals surface area contributed by atoms with E-state index >= 15 is 0 Å². The van der Waals surface area contributed by atoms with Crippen LogP contribution < -0.4 is 5.73 Å². The first-order valence-corrected chi connectivity index (χ1v) is 7.50. The molecule has 21 heavy (non-hydrogen) atoms. The van der Waals surface area contributed by atoms with E-state index in [1.165, 1.54) is 12.1 Å². The average Bonchev–Trinajstić information content (AvgIpc) is 3.06. The number of nitrogens with zero attached hydrogens (tertiary/aromatic N) is 2. The van der Waals surface area contributed by atoms with E-state index in [1.54, 1.807) is 0 Å². The van der Waals surface area contributed by atoms with Gasteiger partial charge in [0, 0.05) is 13.2 Å². The van der Waals surface area contributed by atoms with Crippen LogP contribution in [0.5, 0.6) is 0 Å². The van der Waals surface area contributed by atoms with Crippen LogP contribution in [0.25, 0.3) is 0 Å². The van der Waals surface area contributed by atoms with Crippen molar-refractivity contribution in [3.8, 4) is 0 Å². The Morgan fingerprint density at radius 2 is 2.19 bits per heavy atom. The SMILES string of the molecule is CC1(Cc2ccc(F)cc2)CN=C(N)N1CC1CCCO1. The van der Waals surface area contributed by atoms with E-state index in [1.807, 2.05) is 12.1 Å². The molecule has 1 fully saturated rings. The van der Waals surface area contributed by atoms with Crippen LogP contribution in [0.4, 0.5) is 4.39 Å². The van der Waals surface area contributed by atoms with E-state index in [2.05, 4.69) is 16.8 Å². The number of rotatable bonds is 4. The molecule has 3 rings (SSSR count). The largest absolute Gasteiger partial charge is 0.376 e. The van der Waals surface area contributed by atoms with Gasteiger partial charge in [-0.05, 0) is 43.9 Å². The van der Waals surface area contributed by atoms with Crippen molar-refractivity contribution in [2.24, 2.45) is 10.7 Å². The minimum atomic E-state index is -0.206. The molecule has 0 aliphatic carbocycles. The van der Waals surface area contributed by atoms with Gasteiger partial charge in [-0.2, -0.15) is 0 Å². The second kappa shape index (κ2) is 5.64. The molecule has 1 aromatic rings. The molecule has 0 spiro atoms. The Balaban J connectivity index is 1.73. The lowest BCUT2D eigenvalue weighted by molar-refractivity contribution is 0.0696. The predicted octanol–water partition coefficient (Wildman–Crippen LogP) is 1.94. The van der Waals surface area contributed by atoms with Crippen molar-refractivity contribution in [3.05, 3.63) is 35.6 Å². The fourth-order valence-electron chi connectivity index (χ4n) is 3.20. The third-order valence-electron chi connectivity index (χ3n) is 4.42. The van der Waals surface area contributed by atoms with Crippen LogP contribution in [-0.4, -0.2) is 42.2 Å². The molecule has 2 aliphatic rings. The molecule has 2 heterocycles. The molecule has 0 radical (unpaired) electrons. The molecule has 2 atom stereocenters. The van der Waals surface area contributed by atoms with Crippen LogP contribution in [0.15, 0.2) is 29.3 Å². The molecular formula is C16H22FN3O. The first-order chi connectivity index (χ1) is 10.1. The van der Waals surface area contributed by atoms with Crippen molar-refractivity contribution >= 4 is 5.96 Å². The van der Waals surface area contributed by atoms with Gasteiger partial charge >= 0.3 is 0 Å².